The minimum absolute atomic E-state index is 0.0890. The van der Waals surface area contributed by atoms with Crippen molar-refractivity contribution in [1.82, 2.24) is 14.4 Å². The fourth-order valence-electron chi connectivity index (χ4n) is 5.28. The maximum atomic E-state index is 15.9. The summed E-state index contributed by atoms with van der Waals surface area (Å²) >= 11 is 7.73. The van der Waals surface area contributed by atoms with Gasteiger partial charge in [-0.15, -0.1) is 11.3 Å². The molecule has 2 atom stereocenters. The van der Waals surface area contributed by atoms with Crippen molar-refractivity contribution in [2.45, 2.75) is 64.5 Å². The summed E-state index contributed by atoms with van der Waals surface area (Å²) in [4.78, 5) is 16.4. The van der Waals surface area contributed by atoms with Gasteiger partial charge in [-0.1, -0.05) is 29.8 Å². The minimum Gasteiger partial charge on any atom is -0.465 e. The van der Waals surface area contributed by atoms with E-state index in [9.17, 15) is 18.3 Å². The highest BCUT2D eigenvalue weighted by Gasteiger charge is 2.43. The van der Waals surface area contributed by atoms with Crippen LogP contribution in [0.2, 0.25) is 5.02 Å². The molecular formula is C31H34ClFN4O6S2. The van der Waals surface area contributed by atoms with Crippen molar-refractivity contribution in [3.05, 3.63) is 81.6 Å². The lowest BCUT2D eigenvalue weighted by atomic mass is 9.96. The topological polar surface area (TPSA) is 139 Å². The van der Waals surface area contributed by atoms with Crippen LogP contribution in [0.5, 0.6) is 0 Å². The molecule has 240 valence electrons. The molecule has 1 aliphatic rings. The van der Waals surface area contributed by atoms with Crippen molar-refractivity contribution in [3.63, 3.8) is 0 Å². The SMILES string of the molecule is CC(C)(C)NS(=O)(=O)NC(c1cc2cccc(-c3cc(C4(C)COC(C)(C)O4)ccn3)c2s1)c1c(Cl)ccc(NC(=O)O)c1F. The summed E-state index contributed by atoms with van der Waals surface area (Å²) in [7, 11) is -4.23. The maximum absolute atomic E-state index is 15.9. The predicted octanol–water partition coefficient (Wildman–Crippen LogP) is 7.16. The Morgan fingerprint density at radius 3 is 2.53 bits per heavy atom. The molecule has 1 amide bonds. The van der Waals surface area contributed by atoms with Gasteiger partial charge in [0, 0.05) is 37.5 Å². The molecular weight excluding hydrogens is 643 g/mol. The number of nitrogens with one attached hydrogen (secondary N) is 3. The van der Waals surface area contributed by atoms with Crippen molar-refractivity contribution in [2.75, 3.05) is 11.9 Å². The van der Waals surface area contributed by atoms with Crippen LogP contribution >= 0.6 is 22.9 Å². The highest BCUT2D eigenvalue weighted by Crippen LogP contribution is 2.43. The quantitative estimate of drug-likeness (QED) is 0.155. The lowest BCUT2D eigenvalue weighted by Crippen LogP contribution is -2.48. The predicted molar refractivity (Wildman–Crippen MR) is 173 cm³/mol. The highest BCUT2D eigenvalue weighted by molar-refractivity contribution is 7.87. The number of aromatic nitrogens is 1. The van der Waals surface area contributed by atoms with Crippen molar-refractivity contribution in [1.29, 1.82) is 0 Å². The number of nitrogens with zero attached hydrogens (tertiary/aromatic N) is 1. The van der Waals surface area contributed by atoms with Gasteiger partial charge in [0.25, 0.3) is 10.2 Å². The van der Waals surface area contributed by atoms with Crippen molar-refractivity contribution >= 4 is 55.0 Å². The molecule has 1 aliphatic heterocycles. The van der Waals surface area contributed by atoms with Gasteiger partial charge in [0.15, 0.2) is 11.6 Å². The van der Waals surface area contributed by atoms with E-state index in [4.69, 9.17) is 21.1 Å². The van der Waals surface area contributed by atoms with Crippen LogP contribution in [-0.4, -0.2) is 42.5 Å². The number of carbonyl (C=O) groups is 1. The molecule has 4 aromatic rings. The van der Waals surface area contributed by atoms with E-state index in [2.05, 4.69) is 14.4 Å². The fraction of sp³-hybridized carbons (Fsp3) is 0.355. The van der Waals surface area contributed by atoms with Gasteiger partial charge in [-0.25, -0.2) is 9.18 Å². The largest absolute Gasteiger partial charge is 0.465 e. The lowest BCUT2D eigenvalue weighted by Gasteiger charge is -2.25. The second-order valence-corrected chi connectivity index (χ2v) is 15.4. The average Bonchev–Trinajstić information content (AvgIpc) is 3.48. The summed E-state index contributed by atoms with van der Waals surface area (Å²) in [5, 5.41) is 11.9. The smallest absolute Gasteiger partial charge is 0.409 e. The number of halogens is 2. The van der Waals surface area contributed by atoms with E-state index in [-0.39, 0.29) is 16.3 Å². The van der Waals surface area contributed by atoms with Crippen LogP contribution in [0.25, 0.3) is 21.3 Å². The average molecular weight is 677 g/mol. The van der Waals surface area contributed by atoms with Gasteiger partial charge in [0.1, 0.15) is 5.60 Å². The van der Waals surface area contributed by atoms with Crippen LogP contribution in [0.1, 0.15) is 63.6 Å². The third kappa shape index (κ3) is 7.30. The van der Waals surface area contributed by atoms with Gasteiger partial charge < -0.3 is 14.6 Å². The molecule has 4 N–H and O–H groups in total. The van der Waals surface area contributed by atoms with Crippen molar-refractivity contribution in [2.24, 2.45) is 0 Å². The van der Waals surface area contributed by atoms with E-state index >= 15 is 4.39 Å². The van der Waals surface area contributed by atoms with Crippen LogP contribution in [-0.2, 0) is 25.3 Å². The molecule has 0 spiro atoms. The summed E-state index contributed by atoms with van der Waals surface area (Å²) in [5.41, 5.74) is 0.163. The normalized spacial score (nSPS) is 19.1. The van der Waals surface area contributed by atoms with Crippen LogP contribution in [0.15, 0.2) is 54.7 Å². The molecule has 0 aliphatic carbocycles. The zero-order chi connectivity index (χ0) is 32.9. The molecule has 2 aromatic heterocycles. The Morgan fingerprint density at radius 2 is 1.89 bits per heavy atom. The number of benzene rings is 2. The molecule has 3 heterocycles. The zero-order valence-corrected chi connectivity index (χ0v) is 27.9. The summed E-state index contributed by atoms with van der Waals surface area (Å²) in [5.74, 6) is -1.74. The van der Waals surface area contributed by atoms with E-state index in [1.165, 1.54) is 23.5 Å². The van der Waals surface area contributed by atoms with E-state index in [0.29, 0.717) is 17.2 Å². The standard InChI is InChI=1S/C31H34ClFN4O6S2/c1-29(2,3)37-45(40,41)36-26(24-20(32)10-11-21(25(24)33)35-28(38)39)23-14-17-8-7-9-19(27(17)44-23)22-15-18(12-13-34-22)31(6)16-42-30(4,5)43-31/h7-15,26,35-37H,16H2,1-6H3,(H,38,39). The summed E-state index contributed by atoms with van der Waals surface area (Å²) in [6, 6.07) is 12.4. The van der Waals surface area contributed by atoms with E-state index in [0.717, 1.165) is 21.2 Å². The molecule has 2 unspecified atom stereocenters. The highest BCUT2D eigenvalue weighted by atomic mass is 35.5. The Balaban J connectivity index is 1.64. The first-order valence-corrected chi connectivity index (χ1v) is 16.7. The number of anilines is 1. The summed E-state index contributed by atoms with van der Waals surface area (Å²) in [6.07, 6.45) is 0.213. The summed E-state index contributed by atoms with van der Waals surface area (Å²) < 4.78 is 60.4. The van der Waals surface area contributed by atoms with Crippen LogP contribution in [0, 0.1) is 5.82 Å². The first-order valence-electron chi connectivity index (χ1n) is 14.0. The third-order valence-electron chi connectivity index (χ3n) is 7.03. The van der Waals surface area contributed by atoms with Gasteiger partial charge in [-0.2, -0.15) is 17.9 Å². The Morgan fingerprint density at radius 1 is 1.16 bits per heavy atom. The molecule has 14 heteroatoms. The molecule has 0 bridgehead atoms. The monoisotopic (exact) mass is 676 g/mol. The number of thiophene rings is 1. The molecule has 45 heavy (non-hydrogen) atoms. The third-order valence-corrected chi connectivity index (χ3v) is 10.0. The van der Waals surface area contributed by atoms with E-state index in [1.54, 1.807) is 33.0 Å². The van der Waals surface area contributed by atoms with Gasteiger partial charge in [0.2, 0.25) is 0 Å². The number of pyridine rings is 1. The number of hydrogen-bond acceptors (Lipinski definition) is 7. The van der Waals surface area contributed by atoms with Crippen molar-refractivity contribution < 1.29 is 32.2 Å². The minimum atomic E-state index is -4.23. The second kappa shape index (κ2) is 11.9. The molecule has 1 saturated heterocycles. The number of carboxylic acid groups (broad SMARTS) is 1. The van der Waals surface area contributed by atoms with Gasteiger partial charge >= 0.3 is 6.09 Å². The Hall–Kier alpha value is -3.17. The molecule has 0 radical (unpaired) electrons. The zero-order valence-electron chi connectivity index (χ0n) is 25.5. The van der Waals surface area contributed by atoms with E-state index < -0.39 is 45.1 Å². The van der Waals surface area contributed by atoms with Gasteiger partial charge in [-0.05, 0) is 82.8 Å². The van der Waals surface area contributed by atoms with Crippen LogP contribution in [0.4, 0.5) is 14.9 Å². The molecule has 5 rings (SSSR count). The number of hydrogen-bond donors (Lipinski definition) is 4. The number of fused-ring (bicyclic) bond motifs is 1. The Kier molecular flexibility index (Phi) is 8.77. The van der Waals surface area contributed by atoms with Crippen molar-refractivity contribution in [3.8, 4) is 11.3 Å². The molecule has 10 nitrogen and oxygen atoms in total. The fourth-order valence-corrected chi connectivity index (χ4v) is 8.28. The van der Waals surface area contributed by atoms with Gasteiger partial charge in [0.05, 0.1) is 24.0 Å². The summed E-state index contributed by atoms with van der Waals surface area (Å²) in [6.45, 7) is 11.1. The first-order chi connectivity index (χ1) is 20.9. The first kappa shape index (κ1) is 33.2. The molecule has 0 saturated carbocycles. The number of ether oxygens (including phenoxy) is 2. The Labute approximate surface area is 270 Å². The van der Waals surface area contributed by atoms with E-state index in [1.807, 2.05) is 56.4 Å². The lowest BCUT2D eigenvalue weighted by molar-refractivity contribution is -0.159. The van der Waals surface area contributed by atoms with Gasteiger partial charge in [-0.3, -0.25) is 10.3 Å². The Bertz CT molecular complexity index is 1890. The molecule has 1 fully saturated rings. The number of amides is 1. The van der Waals surface area contributed by atoms with Crippen LogP contribution in [0.3, 0.4) is 0 Å². The number of rotatable bonds is 8. The molecule has 2 aromatic carbocycles. The second-order valence-electron chi connectivity index (χ2n) is 12.5. The maximum Gasteiger partial charge on any atom is 0.409 e. The van der Waals surface area contributed by atoms with Crippen LogP contribution < -0.4 is 14.8 Å².